The van der Waals surface area contributed by atoms with E-state index in [4.69, 9.17) is 11.2 Å². The standard InChI is InChI=1S/C24H33BO.C13H18.C8H19N.2C2H6/c1-4-6-19-26-24(5-2)20-21(3)11-12-22-13-15-23(16-14-22)25-17-9-7-8-10-18-25;1-3-4-5-6-7-13-10-8-12(2)9-11-13;1-4-6-9-7-5-8(2)3;2*1-2/h2,11-16,20,24H,4,6-10,17-19H2,1,3H3;3-4,6-8,10H,5,9,11H2,1-2H3;8-9H,4-7H2,1-3H3;2*1-2H3/b12-11+,21-20+;4-3+,7-6+;;;. The minimum Gasteiger partial charge on any atom is -0.361 e. The molecule has 3 rings (SSSR count). The van der Waals surface area contributed by atoms with E-state index in [1.54, 1.807) is 0 Å². The van der Waals surface area contributed by atoms with E-state index < -0.39 is 0 Å². The van der Waals surface area contributed by atoms with Gasteiger partial charge in [0, 0.05) is 6.61 Å². The fraction of sp³-hybridized carbons (Fsp3) is 0.592. The van der Waals surface area contributed by atoms with Crippen LogP contribution in [0.5, 0.6) is 0 Å². The number of hydrogen-bond donors (Lipinski definition) is 1. The summed E-state index contributed by atoms with van der Waals surface area (Å²) in [5, 5.41) is 3.37. The first kappa shape index (κ1) is 51.3. The van der Waals surface area contributed by atoms with Gasteiger partial charge in [-0.2, -0.15) is 0 Å². The summed E-state index contributed by atoms with van der Waals surface area (Å²) < 4.78 is 5.70. The zero-order valence-corrected chi connectivity index (χ0v) is 36.0. The molecule has 1 atom stereocenters. The molecule has 2 nitrogen and oxygen atoms in total. The van der Waals surface area contributed by atoms with Crippen molar-refractivity contribution in [2.45, 2.75) is 166 Å². The maximum Gasteiger partial charge on any atom is 0.175 e. The third-order valence-corrected chi connectivity index (χ3v) is 8.73. The van der Waals surface area contributed by atoms with E-state index in [9.17, 15) is 0 Å². The largest absolute Gasteiger partial charge is 0.361 e. The lowest BCUT2D eigenvalue weighted by molar-refractivity contribution is 0.118. The first-order valence-electron chi connectivity index (χ1n) is 21.2. The highest BCUT2D eigenvalue weighted by Crippen LogP contribution is 2.19. The van der Waals surface area contributed by atoms with E-state index >= 15 is 0 Å². The SMILES string of the molecule is C#CC(/C=C(C)/C=C/c1ccc(B2CCCCCC2)cc1)OCCCC.C/C=C/C/C=C/C1=CC=C(C)CC1.CC.CC.CCCNCCC(C)C. The van der Waals surface area contributed by atoms with Crippen LogP contribution in [-0.2, 0) is 4.74 Å². The van der Waals surface area contributed by atoms with E-state index in [2.05, 4.69) is 133 Å². The molecule has 0 spiro atoms. The third kappa shape index (κ3) is 29.7. The number of hydrogen-bond acceptors (Lipinski definition) is 2. The Labute approximate surface area is 325 Å². The summed E-state index contributed by atoms with van der Waals surface area (Å²) in [4.78, 5) is 0. The third-order valence-electron chi connectivity index (χ3n) is 8.73. The van der Waals surface area contributed by atoms with Crippen LogP contribution in [0.1, 0.15) is 152 Å². The van der Waals surface area contributed by atoms with E-state index in [1.165, 1.54) is 99.3 Å². The second kappa shape index (κ2) is 37.9. The summed E-state index contributed by atoms with van der Waals surface area (Å²) in [5.74, 6) is 3.55. The lowest BCUT2D eigenvalue weighted by Gasteiger charge is -2.11. The zero-order chi connectivity index (χ0) is 39.2. The summed E-state index contributed by atoms with van der Waals surface area (Å²) in [7, 11) is 0. The van der Waals surface area contributed by atoms with Gasteiger partial charge in [0.25, 0.3) is 0 Å². The van der Waals surface area contributed by atoms with Crippen LogP contribution in [0.3, 0.4) is 0 Å². The van der Waals surface area contributed by atoms with E-state index in [-0.39, 0.29) is 6.10 Å². The highest BCUT2D eigenvalue weighted by Gasteiger charge is 2.17. The van der Waals surface area contributed by atoms with Crippen LogP contribution in [0.25, 0.3) is 6.08 Å². The van der Waals surface area contributed by atoms with Gasteiger partial charge in [-0.3, -0.25) is 0 Å². The van der Waals surface area contributed by atoms with E-state index in [1.807, 2.05) is 33.8 Å². The van der Waals surface area contributed by atoms with Gasteiger partial charge in [0.15, 0.2) is 6.71 Å². The smallest absolute Gasteiger partial charge is 0.175 e. The number of benzene rings is 1. The molecule has 0 radical (unpaired) electrons. The van der Waals surface area contributed by atoms with Gasteiger partial charge in [0.05, 0.1) is 0 Å². The van der Waals surface area contributed by atoms with E-state index in [0.29, 0.717) is 0 Å². The summed E-state index contributed by atoms with van der Waals surface area (Å²) in [5.41, 5.74) is 6.82. The van der Waals surface area contributed by atoms with Crippen LogP contribution in [0.15, 0.2) is 89.6 Å². The molecule has 0 bridgehead atoms. The predicted octanol–water partition coefficient (Wildman–Crippen LogP) is 14.0. The number of rotatable bonds is 16. The molecule has 1 N–H and O–H groups in total. The highest BCUT2D eigenvalue weighted by molar-refractivity contribution is 6.73. The molecule has 1 fully saturated rings. The lowest BCUT2D eigenvalue weighted by atomic mass is 9.40. The molecule has 292 valence electrons. The highest BCUT2D eigenvalue weighted by atomic mass is 16.5. The van der Waals surface area contributed by atoms with Gasteiger partial charge < -0.3 is 10.1 Å². The molecule has 1 unspecified atom stereocenters. The van der Waals surface area contributed by atoms with Crippen molar-refractivity contribution in [1.29, 1.82) is 0 Å². The summed E-state index contributed by atoms with van der Waals surface area (Å²) in [6.07, 6.45) is 41.3. The maximum absolute atomic E-state index is 5.70. The Morgan fingerprint density at radius 1 is 0.904 bits per heavy atom. The fourth-order valence-corrected chi connectivity index (χ4v) is 5.54. The molecule has 1 aliphatic heterocycles. The Morgan fingerprint density at radius 2 is 1.58 bits per heavy atom. The lowest BCUT2D eigenvalue weighted by Crippen LogP contribution is -2.28. The molecule has 1 aromatic rings. The maximum atomic E-state index is 5.70. The van der Waals surface area contributed by atoms with Crippen molar-refractivity contribution in [3.05, 3.63) is 95.2 Å². The van der Waals surface area contributed by atoms with Crippen LogP contribution in [-0.4, -0.2) is 32.5 Å². The molecule has 2 aliphatic rings. The van der Waals surface area contributed by atoms with Gasteiger partial charge >= 0.3 is 0 Å². The van der Waals surface area contributed by atoms with Crippen LogP contribution in [0, 0.1) is 18.3 Å². The van der Waals surface area contributed by atoms with Crippen LogP contribution >= 0.6 is 0 Å². The van der Waals surface area contributed by atoms with Crippen molar-refractivity contribution in [2.75, 3.05) is 19.7 Å². The average Bonchev–Trinajstić information content (AvgIpc) is 3.47. The number of terminal acetylenes is 1. The Hall–Kier alpha value is -2.80. The van der Waals surface area contributed by atoms with Crippen LogP contribution in [0.4, 0.5) is 0 Å². The number of ether oxygens (including phenoxy) is 1. The van der Waals surface area contributed by atoms with Crippen molar-refractivity contribution in [1.82, 2.24) is 5.32 Å². The normalized spacial score (nSPS) is 15.1. The predicted molar refractivity (Wildman–Crippen MR) is 241 cm³/mol. The second-order valence-corrected chi connectivity index (χ2v) is 13.8. The molecule has 1 aromatic carbocycles. The molecule has 0 saturated carbocycles. The Morgan fingerprint density at radius 3 is 2.12 bits per heavy atom. The fourth-order valence-electron chi connectivity index (χ4n) is 5.54. The van der Waals surface area contributed by atoms with Gasteiger partial charge in [-0.15, -0.1) is 6.42 Å². The van der Waals surface area contributed by atoms with Gasteiger partial charge in [-0.25, -0.2) is 0 Å². The van der Waals surface area contributed by atoms with Gasteiger partial charge in [0.1, 0.15) is 6.10 Å². The molecule has 52 heavy (non-hydrogen) atoms. The van der Waals surface area contributed by atoms with Gasteiger partial charge in [-0.1, -0.05) is 196 Å². The Bertz CT molecular complexity index is 1170. The van der Waals surface area contributed by atoms with Crippen molar-refractivity contribution < 1.29 is 4.74 Å². The number of unbranched alkanes of at least 4 members (excludes halogenated alkanes) is 1. The quantitative estimate of drug-likeness (QED) is 0.0606. The first-order valence-corrected chi connectivity index (χ1v) is 21.2. The van der Waals surface area contributed by atoms with Crippen LogP contribution < -0.4 is 10.8 Å². The topological polar surface area (TPSA) is 21.3 Å². The minimum absolute atomic E-state index is 0.233. The van der Waals surface area contributed by atoms with Crippen LogP contribution in [0.2, 0.25) is 12.6 Å². The molecule has 1 aliphatic carbocycles. The second-order valence-electron chi connectivity index (χ2n) is 13.8. The summed E-state index contributed by atoms with van der Waals surface area (Å²) >= 11 is 0. The average molecular weight is 712 g/mol. The molecule has 0 amide bonds. The molecule has 3 heteroatoms. The Balaban J connectivity index is 0. The van der Waals surface area contributed by atoms with Crippen molar-refractivity contribution in [3.63, 3.8) is 0 Å². The summed E-state index contributed by atoms with van der Waals surface area (Å²) in [6.45, 7) is 27.0. The van der Waals surface area contributed by atoms with Gasteiger partial charge in [-0.05, 0) is 95.5 Å². The van der Waals surface area contributed by atoms with Gasteiger partial charge in [0.2, 0.25) is 0 Å². The Kier molecular flexibility index (Phi) is 37.4. The zero-order valence-electron chi connectivity index (χ0n) is 36.0. The van der Waals surface area contributed by atoms with Crippen molar-refractivity contribution in [2.24, 2.45) is 5.92 Å². The van der Waals surface area contributed by atoms with Crippen molar-refractivity contribution >= 4 is 18.3 Å². The summed E-state index contributed by atoms with van der Waals surface area (Å²) in [6, 6.07) is 9.10. The molecule has 1 saturated heterocycles. The first-order chi connectivity index (χ1) is 25.3. The molecule has 0 aromatic heterocycles. The molecular weight excluding hydrogens is 629 g/mol. The number of allylic oxidation sites excluding steroid dienone is 10. The minimum atomic E-state index is -0.233. The van der Waals surface area contributed by atoms with E-state index in [0.717, 1.165) is 44.1 Å². The van der Waals surface area contributed by atoms with Crippen molar-refractivity contribution in [3.8, 4) is 12.3 Å². The molecular formula is C49H82BNO. The molecule has 1 heterocycles. The monoisotopic (exact) mass is 712 g/mol. The number of nitrogens with one attached hydrogen (secondary N) is 1.